The second-order valence-corrected chi connectivity index (χ2v) is 5.30. The summed E-state index contributed by atoms with van der Waals surface area (Å²) >= 11 is 5.95. The van der Waals surface area contributed by atoms with E-state index in [1.807, 2.05) is 18.2 Å². The molecule has 98 valence electrons. The zero-order chi connectivity index (χ0) is 12.8. The van der Waals surface area contributed by atoms with Crippen molar-refractivity contribution in [3.63, 3.8) is 0 Å². The fraction of sp³-hybridized carbons (Fsp3) is 0.533. The van der Waals surface area contributed by atoms with Gasteiger partial charge in [-0.25, -0.2) is 4.98 Å². The summed E-state index contributed by atoms with van der Waals surface area (Å²) < 4.78 is 0. The number of benzene rings is 1. The Kier molecular flexibility index (Phi) is 5.06. The van der Waals surface area contributed by atoms with E-state index in [0.717, 1.165) is 28.3 Å². The van der Waals surface area contributed by atoms with Crippen molar-refractivity contribution in [3.8, 4) is 0 Å². The maximum atomic E-state index is 5.95. The maximum absolute atomic E-state index is 5.95. The van der Waals surface area contributed by atoms with E-state index in [1.165, 1.54) is 38.5 Å². The number of hydrogen-bond acceptors (Lipinski definition) is 1. The molecule has 2 rings (SSSR count). The molecule has 0 bridgehead atoms. The maximum Gasteiger partial charge on any atom is 0.107 e. The third-order valence-corrected chi connectivity index (χ3v) is 3.50. The highest BCUT2D eigenvalue weighted by Crippen LogP contribution is 2.18. The number of aryl methyl sites for hydroxylation is 1. The minimum atomic E-state index is 0.750. The Hall–Kier alpha value is -1.02. The molecule has 1 heterocycles. The summed E-state index contributed by atoms with van der Waals surface area (Å²) in [5, 5.41) is 0.750. The van der Waals surface area contributed by atoms with E-state index in [1.54, 1.807) is 0 Å². The number of nitrogens with zero attached hydrogens (tertiary/aromatic N) is 1. The van der Waals surface area contributed by atoms with Gasteiger partial charge in [0.15, 0.2) is 0 Å². The van der Waals surface area contributed by atoms with Gasteiger partial charge < -0.3 is 4.98 Å². The summed E-state index contributed by atoms with van der Waals surface area (Å²) in [7, 11) is 0. The summed E-state index contributed by atoms with van der Waals surface area (Å²) in [5.74, 6) is 1.09. The first-order valence-electron chi connectivity index (χ1n) is 6.93. The zero-order valence-electron chi connectivity index (χ0n) is 11.0. The van der Waals surface area contributed by atoms with E-state index in [-0.39, 0.29) is 0 Å². The van der Waals surface area contributed by atoms with Gasteiger partial charge in [-0.05, 0) is 24.6 Å². The highest BCUT2D eigenvalue weighted by Gasteiger charge is 2.02. The third kappa shape index (κ3) is 3.74. The Morgan fingerprint density at radius 1 is 1.11 bits per heavy atom. The van der Waals surface area contributed by atoms with Crippen molar-refractivity contribution in [2.24, 2.45) is 0 Å². The predicted octanol–water partition coefficient (Wildman–Crippen LogP) is 5.12. The van der Waals surface area contributed by atoms with Gasteiger partial charge >= 0.3 is 0 Å². The number of halogens is 1. The molecule has 0 saturated carbocycles. The molecule has 0 amide bonds. The van der Waals surface area contributed by atoms with Crippen molar-refractivity contribution in [1.82, 2.24) is 9.97 Å². The average Bonchev–Trinajstić information content (AvgIpc) is 2.75. The highest BCUT2D eigenvalue weighted by atomic mass is 35.5. The first-order valence-corrected chi connectivity index (χ1v) is 7.31. The molecule has 3 heteroatoms. The Morgan fingerprint density at radius 3 is 2.72 bits per heavy atom. The summed E-state index contributed by atoms with van der Waals surface area (Å²) in [5.41, 5.74) is 2.06. The average molecular weight is 265 g/mol. The van der Waals surface area contributed by atoms with Crippen molar-refractivity contribution in [2.75, 3.05) is 0 Å². The lowest BCUT2D eigenvalue weighted by Gasteiger charge is -1.98. The Morgan fingerprint density at radius 2 is 1.89 bits per heavy atom. The van der Waals surface area contributed by atoms with Crippen LogP contribution in [-0.4, -0.2) is 9.97 Å². The first kappa shape index (κ1) is 13.4. The van der Waals surface area contributed by atoms with Crippen LogP contribution in [0.2, 0.25) is 5.02 Å². The van der Waals surface area contributed by atoms with Crippen LogP contribution in [-0.2, 0) is 6.42 Å². The number of nitrogens with one attached hydrogen (secondary N) is 1. The topological polar surface area (TPSA) is 28.7 Å². The molecule has 2 nitrogen and oxygen atoms in total. The molecule has 1 aromatic carbocycles. The van der Waals surface area contributed by atoms with Crippen LogP contribution in [0.1, 0.15) is 51.3 Å². The van der Waals surface area contributed by atoms with E-state index in [4.69, 9.17) is 11.6 Å². The van der Waals surface area contributed by atoms with Crippen LogP contribution in [0.5, 0.6) is 0 Å². The number of aromatic nitrogens is 2. The largest absolute Gasteiger partial charge is 0.342 e. The Balaban J connectivity index is 1.81. The number of unbranched alkanes of at least 4 members (excludes halogenated alkanes) is 5. The molecule has 0 aliphatic rings. The van der Waals surface area contributed by atoms with E-state index in [2.05, 4.69) is 16.9 Å². The van der Waals surface area contributed by atoms with Gasteiger partial charge in [0.2, 0.25) is 0 Å². The standard InChI is InChI=1S/C15H21ClN2/c1-2-3-4-5-6-7-8-15-17-13-10-9-12(16)11-14(13)18-15/h9-11H,2-8H2,1H3,(H,17,18). The molecule has 0 unspecified atom stereocenters. The van der Waals surface area contributed by atoms with Gasteiger partial charge in [0.05, 0.1) is 11.0 Å². The van der Waals surface area contributed by atoms with Gasteiger partial charge in [-0.1, -0.05) is 50.6 Å². The second-order valence-electron chi connectivity index (χ2n) is 4.86. The number of imidazole rings is 1. The normalized spacial score (nSPS) is 11.2. The molecular formula is C15H21ClN2. The van der Waals surface area contributed by atoms with Crippen LogP contribution in [0.4, 0.5) is 0 Å². The fourth-order valence-corrected chi connectivity index (χ4v) is 2.39. The lowest BCUT2D eigenvalue weighted by atomic mass is 10.1. The SMILES string of the molecule is CCCCCCCCc1nc2cc(Cl)ccc2[nH]1. The van der Waals surface area contributed by atoms with Crippen molar-refractivity contribution < 1.29 is 0 Å². The smallest absolute Gasteiger partial charge is 0.107 e. The number of aromatic amines is 1. The third-order valence-electron chi connectivity index (χ3n) is 3.26. The molecule has 1 aromatic heterocycles. The van der Waals surface area contributed by atoms with E-state index >= 15 is 0 Å². The molecule has 0 radical (unpaired) electrons. The molecule has 2 aromatic rings. The zero-order valence-corrected chi connectivity index (χ0v) is 11.8. The van der Waals surface area contributed by atoms with Crippen LogP contribution in [0.25, 0.3) is 11.0 Å². The number of fused-ring (bicyclic) bond motifs is 1. The van der Waals surface area contributed by atoms with Gasteiger partial charge in [-0.3, -0.25) is 0 Å². The van der Waals surface area contributed by atoms with Crippen molar-refractivity contribution in [3.05, 3.63) is 29.0 Å². The number of H-pyrrole nitrogens is 1. The molecule has 1 N–H and O–H groups in total. The van der Waals surface area contributed by atoms with Crippen LogP contribution in [0, 0.1) is 0 Å². The van der Waals surface area contributed by atoms with Crippen LogP contribution < -0.4 is 0 Å². The molecule has 0 aliphatic heterocycles. The molecule has 0 spiro atoms. The lowest BCUT2D eigenvalue weighted by Crippen LogP contribution is -1.88. The minimum Gasteiger partial charge on any atom is -0.342 e. The molecule has 0 saturated heterocycles. The predicted molar refractivity (Wildman–Crippen MR) is 78.2 cm³/mol. The van der Waals surface area contributed by atoms with Crippen LogP contribution in [0.3, 0.4) is 0 Å². The van der Waals surface area contributed by atoms with Crippen molar-refractivity contribution in [1.29, 1.82) is 0 Å². The van der Waals surface area contributed by atoms with Gasteiger partial charge in [0.1, 0.15) is 5.82 Å². The minimum absolute atomic E-state index is 0.750. The number of rotatable bonds is 7. The van der Waals surface area contributed by atoms with Crippen LogP contribution in [0.15, 0.2) is 18.2 Å². The summed E-state index contributed by atoms with van der Waals surface area (Å²) in [6, 6.07) is 5.81. The monoisotopic (exact) mass is 264 g/mol. The molecule has 0 fully saturated rings. The van der Waals surface area contributed by atoms with Gasteiger partial charge in [-0.2, -0.15) is 0 Å². The van der Waals surface area contributed by atoms with Gasteiger partial charge in [0.25, 0.3) is 0 Å². The first-order chi connectivity index (χ1) is 8.79. The summed E-state index contributed by atoms with van der Waals surface area (Å²) in [6.07, 6.45) is 8.95. The second kappa shape index (κ2) is 6.79. The van der Waals surface area contributed by atoms with Crippen molar-refractivity contribution >= 4 is 22.6 Å². The molecule has 0 atom stereocenters. The van der Waals surface area contributed by atoms with E-state index in [9.17, 15) is 0 Å². The van der Waals surface area contributed by atoms with Crippen molar-refractivity contribution in [2.45, 2.75) is 51.9 Å². The quantitative estimate of drug-likeness (QED) is 0.691. The van der Waals surface area contributed by atoms with Crippen LogP contribution >= 0.6 is 11.6 Å². The Labute approximate surface area is 114 Å². The lowest BCUT2D eigenvalue weighted by molar-refractivity contribution is 0.602. The van der Waals surface area contributed by atoms with Gasteiger partial charge in [0, 0.05) is 11.4 Å². The summed E-state index contributed by atoms with van der Waals surface area (Å²) in [4.78, 5) is 7.92. The molecular weight excluding hydrogens is 244 g/mol. The fourth-order valence-electron chi connectivity index (χ4n) is 2.22. The molecule has 0 aliphatic carbocycles. The Bertz CT molecular complexity index is 490. The highest BCUT2D eigenvalue weighted by molar-refractivity contribution is 6.31. The van der Waals surface area contributed by atoms with E-state index < -0.39 is 0 Å². The van der Waals surface area contributed by atoms with E-state index in [0.29, 0.717) is 0 Å². The molecule has 18 heavy (non-hydrogen) atoms. The number of hydrogen-bond donors (Lipinski definition) is 1. The summed E-state index contributed by atoms with van der Waals surface area (Å²) in [6.45, 7) is 2.25. The van der Waals surface area contributed by atoms with Gasteiger partial charge in [-0.15, -0.1) is 0 Å².